The summed E-state index contributed by atoms with van der Waals surface area (Å²) in [5, 5.41) is 20.6. The molecule has 0 bridgehead atoms. The molecule has 50 heavy (non-hydrogen) atoms. The summed E-state index contributed by atoms with van der Waals surface area (Å²) in [5.41, 5.74) is 5.64. The lowest BCUT2D eigenvalue weighted by molar-refractivity contribution is -0.687. The molecule has 3 N–H and O–H groups in total. The van der Waals surface area contributed by atoms with E-state index in [1.165, 1.54) is 11.1 Å². The van der Waals surface area contributed by atoms with Crippen LogP contribution in [-0.2, 0) is 39.2 Å². The van der Waals surface area contributed by atoms with Gasteiger partial charge in [-0.2, -0.15) is 8.42 Å². The number of aryl methyl sites for hydroxylation is 1. The fourth-order valence-electron chi connectivity index (χ4n) is 7.74. The lowest BCUT2D eigenvalue weighted by atomic mass is 9.74. The van der Waals surface area contributed by atoms with Crippen LogP contribution in [0.4, 0.5) is 0 Å². The average Bonchev–Trinajstić information content (AvgIpc) is 3.36. The smallest absolute Gasteiger partial charge is 0.346 e. The number of nitrogens with zero attached hydrogens (tertiary/aromatic N) is 2. The van der Waals surface area contributed by atoms with E-state index in [4.69, 9.17) is 9.84 Å². The SMILES string of the molecule is CCC1=CC(C)(C)Cc2cc3c(cc21)C(c1n(CCCCCC(=O)O)cc[n+]1CC(=O)O)=c1cc2c(cc1O3)=CC(C)(C)C=C2CS(=O)(=O)O. The van der Waals surface area contributed by atoms with Crippen LogP contribution in [0.25, 0.3) is 22.8 Å². The summed E-state index contributed by atoms with van der Waals surface area (Å²) in [5.74, 6) is -0.538. The first-order chi connectivity index (χ1) is 23.4. The monoisotopic (exact) mass is 701 g/mol. The molecule has 10 nitrogen and oxygen atoms in total. The lowest BCUT2D eigenvalue weighted by Gasteiger charge is -2.32. The molecule has 1 aromatic heterocycles. The standard InChI is InChI=1S/C39H44N2O8S/c1-6-24-18-38(2,3)19-25-14-32-30(16-28(24)25)36(37-40(11-9-7-8-10-34(42)43)12-13-41(37)22-35(44)45)31-17-29-26(15-33(31)49-32)20-39(4,5)21-27(29)23-50(46,47)48/h12-18,20-21H,6-11,19,22-23H2,1-5H3,(H2-,42,43,44,45,46,47,48)/p+1. The van der Waals surface area contributed by atoms with E-state index in [0.29, 0.717) is 59.5 Å². The zero-order chi connectivity index (χ0) is 36.2. The largest absolute Gasteiger partial charge is 0.481 e. The van der Waals surface area contributed by atoms with Crippen molar-refractivity contribution in [2.24, 2.45) is 10.8 Å². The molecule has 3 aliphatic rings. The number of hydrogen-bond acceptors (Lipinski definition) is 5. The van der Waals surface area contributed by atoms with E-state index in [9.17, 15) is 27.7 Å². The van der Waals surface area contributed by atoms with Crippen LogP contribution in [0.1, 0.15) is 94.8 Å². The molecule has 264 valence electrons. The molecule has 0 spiro atoms. The van der Waals surface area contributed by atoms with Crippen molar-refractivity contribution in [3.63, 3.8) is 0 Å². The lowest BCUT2D eigenvalue weighted by Crippen LogP contribution is -2.42. The van der Waals surface area contributed by atoms with E-state index in [2.05, 4.69) is 39.0 Å². The third kappa shape index (κ3) is 7.34. The van der Waals surface area contributed by atoms with Crippen molar-refractivity contribution < 1.29 is 42.1 Å². The zero-order valence-corrected chi connectivity index (χ0v) is 30.1. The van der Waals surface area contributed by atoms with Crippen LogP contribution in [-0.4, -0.2) is 45.4 Å². The summed E-state index contributed by atoms with van der Waals surface area (Å²) in [6.07, 6.45) is 13.5. The van der Waals surface area contributed by atoms with Gasteiger partial charge >= 0.3 is 11.9 Å². The maximum Gasteiger partial charge on any atom is 0.346 e. The second-order valence-electron chi connectivity index (χ2n) is 15.0. The molecular weight excluding hydrogens is 657 g/mol. The molecule has 0 amide bonds. The molecule has 2 aliphatic carbocycles. The Bertz CT molecular complexity index is 2220. The van der Waals surface area contributed by atoms with Crippen LogP contribution in [0.3, 0.4) is 0 Å². The van der Waals surface area contributed by atoms with E-state index < -0.39 is 33.2 Å². The molecule has 11 heteroatoms. The summed E-state index contributed by atoms with van der Waals surface area (Å²) in [7, 11) is -4.36. The van der Waals surface area contributed by atoms with Crippen LogP contribution in [0.5, 0.6) is 11.5 Å². The van der Waals surface area contributed by atoms with Gasteiger partial charge in [-0.3, -0.25) is 9.35 Å². The molecule has 6 rings (SSSR count). The van der Waals surface area contributed by atoms with Gasteiger partial charge in [-0.25, -0.2) is 13.9 Å². The van der Waals surface area contributed by atoms with Crippen LogP contribution in [0.2, 0.25) is 0 Å². The molecule has 0 radical (unpaired) electrons. The minimum atomic E-state index is -4.36. The Morgan fingerprint density at radius 2 is 1.66 bits per heavy atom. The number of rotatable bonds is 12. The number of allylic oxidation sites excluding steroid dienone is 3. The Morgan fingerprint density at radius 1 is 0.900 bits per heavy atom. The molecule has 0 saturated carbocycles. The average molecular weight is 702 g/mol. The highest BCUT2D eigenvalue weighted by atomic mass is 32.2. The minimum Gasteiger partial charge on any atom is -0.481 e. The van der Waals surface area contributed by atoms with Crippen molar-refractivity contribution in [3.8, 4) is 11.5 Å². The first kappa shape index (κ1) is 35.3. The Labute approximate surface area is 292 Å². The summed E-state index contributed by atoms with van der Waals surface area (Å²) >= 11 is 0. The number of hydrogen-bond donors (Lipinski definition) is 3. The molecule has 0 unspecified atom stereocenters. The highest BCUT2D eigenvalue weighted by Gasteiger charge is 2.35. The Kier molecular flexibility index (Phi) is 9.19. The third-order valence-electron chi connectivity index (χ3n) is 9.60. The topological polar surface area (TPSA) is 147 Å². The predicted octanol–water partition coefficient (Wildman–Crippen LogP) is 5.33. The Balaban J connectivity index is 1.66. The van der Waals surface area contributed by atoms with Gasteiger partial charge in [-0.05, 0) is 94.8 Å². The van der Waals surface area contributed by atoms with Gasteiger partial charge in [-0.1, -0.05) is 52.8 Å². The van der Waals surface area contributed by atoms with Crippen molar-refractivity contribution >= 4 is 44.9 Å². The van der Waals surface area contributed by atoms with Gasteiger partial charge in [0.05, 0.1) is 12.1 Å². The Morgan fingerprint density at radius 3 is 2.34 bits per heavy atom. The fourth-order valence-corrected chi connectivity index (χ4v) is 8.37. The summed E-state index contributed by atoms with van der Waals surface area (Å²) in [4.78, 5) is 23.3. The molecule has 3 aromatic rings. The number of imidazole rings is 1. The highest BCUT2D eigenvalue weighted by molar-refractivity contribution is 7.86. The molecule has 0 fully saturated rings. The zero-order valence-electron chi connectivity index (χ0n) is 29.2. The van der Waals surface area contributed by atoms with Gasteiger partial charge in [0.1, 0.15) is 29.6 Å². The van der Waals surface area contributed by atoms with Gasteiger partial charge in [0.15, 0.2) is 6.54 Å². The maximum absolute atomic E-state index is 12.2. The van der Waals surface area contributed by atoms with Crippen LogP contribution in [0.15, 0.2) is 48.8 Å². The highest BCUT2D eigenvalue weighted by Crippen LogP contribution is 2.44. The van der Waals surface area contributed by atoms with Crippen molar-refractivity contribution in [1.82, 2.24) is 4.57 Å². The van der Waals surface area contributed by atoms with Crippen molar-refractivity contribution in [1.29, 1.82) is 0 Å². The molecule has 2 aromatic carbocycles. The number of unbranched alkanes of at least 4 members (excludes halogenated alkanes) is 2. The van der Waals surface area contributed by atoms with E-state index in [-0.39, 0.29) is 18.4 Å². The molecule has 1 aliphatic heterocycles. The first-order valence-electron chi connectivity index (χ1n) is 17.1. The number of ether oxygens (including phenoxy) is 1. The van der Waals surface area contributed by atoms with Gasteiger partial charge in [0.2, 0.25) is 0 Å². The van der Waals surface area contributed by atoms with Crippen LogP contribution in [0, 0.1) is 10.8 Å². The van der Waals surface area contributed by atoms with Gasteiger partial charge in [-0.15, -0.1) is 0 Å². The predicted molar refractivity (Wildman–Crippen MR) is 191 cm³/mol. The molecular formula is C39H45N2O8S+. The second-order valence-corrected chi connectivity index (χ2v) is 16.5. The molecule has 0 saturated heterocycles. The van der Waals surface area contributed by atoms with Crippen LogP contribution >= 0.6 is 0 Å². The van der Waals surface area contributed by atoms with Gasteiger partial charge in [0, 0.05) is 22.6 Å². The van der Waals surface area contributed by atoms with Crippen molar-refractivity contribution in [2.75, 3.05) is 5.75 Å². The molecule has 2 heterocycles. The number of carboxylic acid groups (broad SMARTS) is 2. The number of benzene rings is 2. The number of aliphatic carboxylic acids is 2. The summed E-state index contributed by atoms with van der Waals surface area (Å²) < 4.78 is 44.8. The minimum absolute atomic E-state index is 0.0407. The molecule has 0 atom stereocenters. The maximum atomic E-state index is 12.2. The number of carboxylic acids is 2. The van der Waals surface area contributed by atoms with E-state index in [1.807, 2.05) is 48.9 Å². The normalized spacial score (nSPS) is 16.9. The van der Waals surface area contributed by atoms with E-state index in [1.54, 1.807) is 10.8 Å². The number of fused-ring (bicyclic) bond motifs is 4. The third-order valence-corrected chi connectivity index (χ3v) is 10.3. The van der Waals surface area contributed by atoms with E-state index >= 15 is 0 Å². The first-order valence-corrected chi connectivity index (χ1v) is 18.7. The van der Waals surface area contributed by atoms with Crippen molar-refractivity contribution in [3.05, 3.63) is 87.3 Å². The quantitative estimate of drug-likeness (QED) is 0.102. The fraction of sp³-hybridized carbons (Fsp3) is 0.410. The van der Waals surface area contributed by atoms with Crippen molar-refractivity contribution in [2.45, 2.75) is 86.2 Å². The Hall–Kier alpha value is -4.48. The van der Waals surface area contributed by atoms with Gasteiger partial charge < -0.3 is 14.9 Å². The van der Waals surface area contributed by atoms with Crippen LogP contribution < -0.4 is 19.7 Å². The number of aromatic nitrogens is 2. The number of carbonyl (C=O) groups is 2. The summed E-state index contributed by atoms with van der Waals surface area (Å²) in [6, 6.07) is 8.07. The summed E-state index contributed by atoms with van der Waals surface area (Å²) in [6.45, 7) is 10.7. The van der Waals surface area contributed by atoms with Gasteiger partial charge in [0.25, 0.3) is 15.9 Å². The van der Waals surface area contributed by atoms with E-state index in [0.717, 1.165) is 34.8 Å². The second kappa shape index (κ2) is 13.0.